The molecule has 1 fully saturated rings. The van der Waals surface area contributed by atoms with E-state index in [0.29, 0.717) is 17.3 Å². The van der Waals surface area contributed by atoms with Crippen molar-refractivity contribution in [1.82, 2.24) is 9.88 Å². The number of nitrogens with zero attached hydrogens (tertiary/aromatic N) is 2. The summed E-state index contributed by atoms with van der Waals surface area (Å²) in [6.45, 7) is 0.600. The summed E-state index contributed by atoms with van der Waals surface area (Å²) in [7, 11) is 0. The van der Waals surface area contributed by atoms with Gasteiger partial charge in [-0.25, -0.2) is 14.7 Å². The third kappa shape index (κ3) is 2.88. The van der Waals surface area contributed by atoms with Gasteiger partial charge in [-0.2, -0.15) is 0 Å². The van der Waals surface area contributed by atoms with Crippen molar-refractivity contribution in [3.05, 3.63) is 18.3 Å². The van der Waals surface area contributed by atoms with Gasteiger partial charge in [0.25, 0.3) is 0 Å². The minimum absolute atomic E-state index is 0.159. The molecule has 1 saturated heterocycles. The van der Waals surface area contributed by atoms with Crippen molar-refractivity contribution < 1.29 is 14.3 Å². The van der Waals surface area contributed by atoms with Gasteiger partial charge in [-0.15, -0.1) is 0 Å². The third-order valence-electron chi connectivity index (χ3n) is 2.16. The van der Waals surface area contributed by atoms with Crippen LogP contribution in [0.15, 0.2) is 23.4 Å². The van der Waals surface area contributed by atoms with Crippen LogP contribution in [0.4, 0.5) is 10.5 Å². The summed E-state index contributed by atoms with van der Waals surface area (Å²) in [6, 6.07) is 3.44. The molecule has 0 atom stereocenters. The van der Waals surface area contributed by atoms with Crippen LogP contribution in [0, 0.1) is 0 Å². The fourth-order valence-electron chi connectivity index (χ4n) is 1.31. The lowest BCUT2D eigenvalue weighted by Gasteiger charge is -2.09. The van der Waals surface area contributed by atoms with Crippen LogP contribution in [0.5, 0.6) is 0 Å². The smallest absolute Gasteiger partial charge is 0.416 e. The number of aromatic nitrogens is 1. The number of rotatable bonds is 3. The summed E-state index contributed by atoms with van der Waals surface area (Å²) in [5.41, 5.74) is 6.07. The first kappa shape index (κ1) is 11.7. The van der Waals surface area contributed by atoms with E-state index in [1.54, 1.807) is 12.1 Å². The second kappa shape index (κ2) is 5.05. The topological polar surface area (TPSA) is 85.5 Å². The maximum Gasteiger partial charge on any atom is 0.416 e. The first-order valence-electron chi connectivity index (χ1n) is 4.98. The van der Waals surface area contributed by atoms with Crippen LogP contribution in [-0.2, 0) is 9.53 Å². The Morgan fingerprint density at radius 1 is 1.59 bits per heavy atom. The fraction of sp³-hybridized carbons (Fsp3) is 0.300. The van der Waals surface area contributed by atoms with E-state index in [9.17, 15) is 9.59 Å². The average molecular weight is 253 g/mol. The van der Waals surface area contributed by atoms with Crippen molar-refractivity contribution in [1.29, 1.82) is 0 Å². The average Bonchev–Trinajstić information content (AvgIpc) is 2.74. The van der Waals surface area contributed by atoms with Crippen LogP contribution >= 0.6 is 11.8 Å². The minimum atomic E-state index is -0.569. The van der Waals surface area contributed by atoms with Crippen molar-refractivity contribution in [2.75, 3.05) is 24.6 Å². The number of amides is 2. The number of nitrogens with two attached hydrogens (primary N) is 1. The van der Waals surface area contributed by atoms with Gasteiger partial charge in [0.2, 0.25) is 5.91 Å². The Labute approximate surface area is 102 Å². The molecule has 0 aromatic carbocycles. The van der Waals surface area contributed by atoms with Crippen LogP contribution in [0.3, 0.4) is 0 Å². The van der Waals surface area contributed by atoms with E-state index in [-0.39, 0.29) is 18.3 Å². The van der Waals surface area contributed by atoms with Gasteiger partial charge < -0.3 is 10.5 Å². The number of nitrogen functional groups attached to an aromatic ring is 1. The summed E-state index contributed by atoms with van der Waals surface area (Å²) in [4.78, 5) is 27.9. The number of pyridine rings is 1. The number of hydrogen-bond acceptors (Lipinski definition) is 6. The molecule has 0 spiro atoms. The maximum absolute atomic E-state index is 11.6. The Morgan fingerprint density at radius 2 is 2.41 bits per heavy atom. The molecule has 2 heterocycles. The minimum Gasteiger partial charge on any atom is -0.447 e. The van der Waals surface area contributed by atoms with Crippen LogP contribution in [0.1, 0.15) is 0 Å². The summed E-state index contributed by atoms with van der Waals surface area (Å²) in [5.74, 6) is -0.109. The van der Waals surface area contributed by atoms with Crippen LogP contribution < -0.4 is 5.73 Å². The summed E-state index contributed by atoms with van der Waals surface area (Å²) >= 11 is 1.26. The molecule has 7 heteroatoms. The van der Waals surface area contributed by atoms with Crippen LogP contribution in [0.2, 0.25) is 0 Å². The van der Waals surface area contributed by atoms with Gasteiger partial charge in [0, 0.05) is 0 Å². The monoisotopic (exact) mass is 253 g/mol. The van der Waals surface area contributed by atoms with Crippen molar-refractivity contribution in [2.45, 2.75) is 5.03 Å². The van der Waals surface area contributed by atoms with E-state index in [4.69, 9.17) is 5.73 Å². The Kier molecular flexibility index (Phi) is 3.48. The number of carbonyl (C=O) groups excluding carboxylic acids is 2. The number of thioether (sulfide) groups is 1. The van der Waals surface area contributed by atoms with Crippen LogP contribution in [0.25, 0.3) is 0 Å². The highest BCUT2D eigenvalue weighted by molar-refractivity contribution is 7.99. The largest absolute Gasteiger partial charge is 0.447 e. The highest BCUT2D eigenvalue weighted by Crippen LogP contribution is 2.17. The number of ether oxygens (including phenoxy) is 1. The SMILES string of the molecule is Nc1ccc(SCC(=O)N2CCOC2=O)nc1. The van der Waals surface area contributed by atoms with Crippen molar-refractivity contribution in [3.8, 4) is 0 Å². The fourth-order valence-corrected chi connectivity index (χ4v) is 2.03. The van der Waals surface area contributed by atoms with Gasteiger partial charge in [0.1, 0.15) is 6.61 Å². The van der Waals surface area contributed by atoms with Crippen molar-refractivity contribution in [3.63, 3.8) is 0 Å². The Bertz CT molecular complexity index is 435. The number of cyclic esters (lactones) is 1. The van der Waals surface area contributed by atoms with Gasteiger partial charge in [0.05, 0.1) is 29.2 Å². The quantitative estimate of drug-likeness (QED) is 0.799. The molecule has 0 aliphatic carbocycles. The lowest BCUT2D eigenvalue weighted by molar-refractivity contribution is -0.125. The second-order valence-electron chi connectivity index (χ2n) is 3.38. The van der Waals surface area contributed by atoms with Gasteiger partial charge in [-0.1, -0.05) is 11.8 Å². The molecule has 90 valence electrons. The van der Waals surface area contributed by atoms with Crippen molar-refractivity contribution in [2.24, 2.45) is 0 Å². The molecule has 2 N–H and O–H groups in total. The zero-order valence-corrected chi connectivity index (χ0v) is 9.77. The summed E-state index contributed by atoms with van der Waals surface area (Å²) in [6.07, 6.45) is 0.956. The normalized spacial score (nSPS) is 14.8. The standard InChI is InChI=1S/C10H11N3O3S/c11-7-1-2-8(12-5-7)17-6-9(14)13-3-4-16-10(13)15/h1-2,5H,3-4,6,11H2. The molecule has 0 unspecified atom stereocenters. The Hall–Kier alpha value is -1.76. The second-order valence-corrected chi connectivity index (χ2v) is 4.37. The highest BCUT2D eigenvalue weighted by atomic mass is 32.2. The van der Waals surface area contributed by atoms with Crippen LogP contribution in [-0.4, -0.2) is 40.8 Å². The highest BCUT2D eigenvalue weighted by Gasteiger charge is 2.27. The number of anilines is 1. The first-order chi connectivity index (χ1) is 8.16. The lowest BCUT2D eigenvalue weighted by atomic mass is 10.4. The van der Waals surface area contributed by atoms with Gasteiger partial charge >= 0.3 is 6.09 Å². The summed E-state index contributed by atoms with van der Waals surface area (Å²) < 4.78 is 4.68. The van der Waals surface area contributed by atoms with Gasteiger partial charge in [0.15, 0.2) is 0 Å². The molecule has 1 aliphatic rings. The van der Waals surface area contributed by atoms with E-state index < -0.39 is 6.09 Å². The number of imide groups is 1. The van der Waals surface area contributed by atoms with E-state index in [1.807, 2.05) is 0 Å². The maximum atomic E-state index is 11.6. The third-order valence-corrected chi connectivity index (χ3v) is 3.09. The van der Waals surface area contributed by atoms with Gasteiger partial charge in [-0.3, -0.25) is 4.79 Å². The molecule has 0 radical (unpaired) electrons. The molecule has 6 nitrogen and oxygen atoms in total. The molecule has 1 aliphatic heterocycles. The Balaban J connectivity index is 1.87. The van der Waals surface area contributed by atoms with E-state index in [1.165, 1.54) is 18.0 Å². The molecular weight excluding hydrogens is 242 g/mol. The molecule has 17 heavy (non-hydrogen) atoms. The van der Waals surface area contributed by atoms with Crippen molar-refractivity contribution >= 4 is 29.4 Å². The summed E-state index contributed by atoms with van der Waals surface area (Å²) in [5, 5.41) is 0.695. The molecule has 1 aromatic rings. The van der Waals surface area contributed by atoms with E-state index in [0.717, 1.165) is 4.90 Å². The molecule has 1 aromatic heterocycles. The van der Waals surface area contributed by atoms with E-state index in [2.05, 4.69) is 9.72 Å². The molecule has 0 bridgehead atoms. The van der Waals surface area contributed by atoms with Gasteiger partial charge in [-0.05, 0) is 12.1 Å². The molecular formula is C10H11N3O3S. The molecule has 0 saturated carbocycles. The number of carbonyl (C=O) groups is 2. The molecule has 2 amide bonds. The zero-order valence-electron chi connectivity index (χ0n) is 8.96. The first-order valence-corrected chi connectivity index (χ1v) is 5.97. The molecule has 2 rings (SSSR count). The zero-order chi connectivity index (χ0) is 12.3. The van der Waals surface area contributed by atoms with E-state index >= 15 is 0 Å². The lowest BCUT2D eigenvalue weighted by Crippen LogP contribution is -2.32. The Morgan fingerprint density at radius 3 is 3.00 bits per heavy atom. The predicted molar refractivity (Wildman–Crippen MR) is 62.4 cm³/mol. The predicted octanol–water partition coefficient (Wildman–Crippen LogP) is 0.735. The number of hydrogen-bond donors (Lipinski definition) is 1.